The first-order chi connectivity index (χ1) is 6.31. The van der Waals surface area contributed by atoms with E-state index in [0.29, 0.717) is 5.75 Å². The Bertz CT molecular complexity index is 318. The smallest absolute Gasteiger partial charge is 0.126 e. The maximum atomic E-state index is 9.63. The normalized spacial score (nSPS) is 13.9. The third-order valence-electron chi connectivity index (χ3n) is 2.41. The quantitative estimate of drug-likeness (QED) is 0.752. The monoisotopic (exact) mass is 178 g/mol. The van der Waals surface area contributed by atoms with Crippen LogP contribution in [0, 0.1) is 0 Å². The van der Waals surface area contributed by atoms with Crippen molar-refractivity contribution in [2.75, 3.05) is 6.61 Å². The van der Waals surface area contributed by atoms with E-state index in [1.54, 1.807) is 6.07 Å². The van der Waals surface area contributed by atoms with Gasteiger partial charge < -0.3 is 9.84 Å². The standard InChI is InChI=1S/C11H14O2/c1-2-3-8-6-9-4-5-13-11(9)7-10(8)12/h6-7,12H,2-5H2,1H3. The maximum absolute atomic E-state index is 9.63. The number of phenolic OH excluding ortho intramolecular Hbond substituents is 1. The van der Waals surface area contributed by atoms with Gasteiger partial charge in [0.05, 0.1) is 6.61 Å². The number of phenols is 1. The molecule has 1 aromatic rings. The highest BCUT2D eigenvalue weighted by molar-refractivity contribution is 5.47. The van der Waals surface area contributed by atoms with E-state index in [0.717, 1.165) is 37.2 Å². The molecule has 0 radical (unpaired) electrons. The number of hydrogen-bond acceptors (Lipinski definition) is 2. The summed E-state index contributed by atoms with van der Waals surface area (Å²) in [5, 5.41) is 9.63. The van der Waals surface area contributed by atoms with Gasteiger partial charge in [-0.25, -0.2) is 0 Å². The van der Waals surface area contributed by atoms with Gasteiger partial charge in [-0.1, -0.05) is 13.3 Å². The third kappa shape index (κ3) is 1.48. The van der Waals surface area contributed by atoms with Crippen molar-refractivity contribution in [3.8, 4) is 11.5 Å². The van der Waals surface area contributed by atoms with Crippen molar-refractivity contribution < 1.29 is 9.84 Å². The van der Waals surface area contributed by atoms with E-state index in [9.17, 15) is 5.11 Å². The summed E-state index contributed by atoms with van der Waals surface area (Å²) in [6.45, 7) is 2.87. The lowest BCUT2D eigenvalue weighted by molar-refractivity contribution is 0.354. The molecule has 2 nitrogen and oxygen atoms in total. The largest absolute Gasteiger partial charge is 0.508 e. The lowest BCUT2D eigenvalue weighted by Gasteiger charge is -2.05. The van der Waals surface area contributed by atoms with Crippen molar-refractivity contribution in [1.82, 2.24) is 0 Å². The molecule has 1 N–H and O–H groups in total. The molecule has 0 fully saturated rings. The molecule has 70 valence electrons. The number of ether oxygens (including phenoxy) is 1. The van der Waals surface area contributed by atoms with Crippen LogP contribution in [0.1, 0.15) is 24.5 Å². The van der Waals surface area contributed by atoms with Crippen LogP contribution < -0.4 is 4.74 Å². The second-order valence-corrected chi connectivity index (χ2v) is 3.44. The van der Waals surface area contributed by atoms with Crippen molar-refractivity contribution in [3.63, 3.8) is 0 Å². The maximum Gasteiger partial charge on any atom is 0.126 e. The highest BCUT2D eigenvalue weighted by Crippen LogP contribution is 2.32. The summed E-state index contributed by atoms with van der Waals surface area (Å²) in [6.07, 6.45) is 2.98. The van der Waals surface area contributed by atoms with E-state index in [1.807, 2.05) is 0 Å². The van der Waals surface area contributed by atoms with Crippen LogP contribution in [0.5, 0.6) is 11.5 Å². The zero-order valence-corrected chi connectivity index (χ0v) is 7.84. The molecule has 0 atom stereocenters. The Morgan fingerprint density at radius 3 is 3.08 bits per heavy atom. The van der Waals surface area contributed by atoms with E-state index < -0.39 is 0 Å². The number of rotatable bonds is 2. The lowest BCUT2D eigenvalue weighted by atomic mass is 10.0. The van der Waals surface area contributed by atoms with Crippen LogP contribution in [-0.2, 0) is 12.8 Å². The molecular weight excluding hydrogens is 164 g/mol. The van der Waals surface area contributed by atoms with Crippen LogP contribution in [0.25, 0.3) is 0 Å². The minimum atomic E-state index is 0.377. The summed E-state index contributed by atoms with van der Waals surface area (Å²) in [7, 11) is 0. The molecule has 1 aromatic carbocycles. The predicted molar refractivity (Wildman–Crippen MR) is 51.3 cm³/mol. The summed E-state index contributed by atoms with van der Waals surface area (Å²) >= 11 is 0. The van der Waals surface area contributed by atoms with Crippen LogP contribution in [0.4, 0.5) is 0 Å². The number of benzene rings is 1. The number of fused-ring (bicyclic) bond motifs is 1. The minimum Gasteiger partial charge on any atom is -0.508 e. The van der Waals surface area contributed by atoms with Crippen LogP contribution in [0.15, 0.2) is 12.1 Å². The Hall–Kier alpha value is -1.18. The summed E-state index contributed by atoms with van der Waals surface area (Å²) in [5.74, 6) is 1.24. The lowest BCUT2D eigenvalue weighted by Crippen LogP contribution is -1.87. The Morgan fingerprint density at radius 2 is 2.31 bits per heavy atom. The average Bonchev–Trinajstić information content (AvgIpc) is 2.52. The van der Waals surface area contributed by atoms with E-state index in [1.165, 1.54) is 5.56 Å². The molecule has 0 unspecified atom stereocenters. The van der Waals surface area contributed by atoms with Gasteiger partial charge in [0.15, 0.2) is 0 Å². The molecule has 0 amide bonds. The molecule has 1 heterocycles. The van der Waals surface area contributed by atoms with Gasteiger partial charge in [0, 0.05) is 12.5 Å². The van der Waals surface area contributed by atoms with Crippen LogP contribution in [-0.4, -0.2) is 11.7 Å². The molecule has 0 saturated heterocycles. The number of hydrogen-bond donors (Lipinski definition) is 1. The molecule has 13 heavy (non-hydrogen) atoms. The average molecular weight is 178 g/mol. The summed E-state index contributed by atoms with van der Waals surface area (Å²) in [5.41, 5.74) is 2.29. The van der Waals surface area contributed by atoms with E-state index in [4.69, 9.17) is 4.74 Å². The van der Waals surface area contributed by atoms with Gasteiger partial charge in [0.2, 0.25) is 0 Å². The first-order valence-corrected chi connectivity index (χ1v) is 4.79. The van der Waals surface area contributed by atoms with Crippen LogP contribution >= 0.6 is 0 Å². The molecule has 1 aliphatic rings. The molecule has 2 heteroatoms. The number of aromatic hydroxyl groups is 1. The fourth-order valence-corrected chi connectivity index (χ4v) is 1.74. The zero-order chi connectivity index (χ0) is 9.26. The second-order valence-electron chi connectivity index (χ2n) is 3.44. The zero-order valence-electron chi connectivity index (χ0n) is 7.84. The van der Waals surface area contributed by atoms with Crippen LogP contribution in [0.2, 0.25) is 0 Å². The molecular formula is C11H14O2. The third-order valence-corrected chi connectivity index (χ3v) is 2.41. The Morgan fingerprint density at radius 1 is 1.46 bits per heavy atom. The van der Waals surface area contributed by atoms with Crippen molar-refractivity contribution in [2.45, 2.75) is 26.2 Å². The van der Waals surface area contributed by atoms with E-state index in [-0.39, 0.29) is 0 Å². The van der Waals surface area contributed by atoms with Gasteiger partial charge in [-0.15, -0.1) is 0 Å². The summed E-state index contributed by atoms with van der Waals surface area (Å²) in [4.78, 5) is 0. The fraction of sp³-hybridized carbons (Fsp3) is 0.455. The molecule has 0 aromatic heterocycles. The molecule has 0 aliphatic carbocycles. The highest BCUT2D eigenvalue weighted by atomic mass is 16.5. The Kier molecular flexibility index (Phi) is 2.13. The first kappa shape index (κ1) is 8.42. The van der Waals surface area contributed by atoms with Gasteiger partial charge in [-0.2, -0.15) is 0 Å². The molecule has 2 rings (SSSR count). The van der Waals surface area contributed by atoms with E-state index >= 15 is 0 Å². The van der Waals surface area contributed by atoms with Crippen molar-refractivity contribution >= 4 is 0 Å². The van der Waals surface area contributed by atoms with Gasteiger partial charge >= 0.3 is 0 Å². The van der Waals surface area contributed by atoms with E-state index in [2.05, 4.69) is 13.0 Å². The fourth-order valence-electron chi connectivity index (χ4n) is 1.74. The predicted octanol–water partition coefficient (Wildman–Crippen LogP) is 2.28. The second kappa shape index (κ2) is 3.29. The molecule has 1 aliphatic heterocycles. The molecule has 0 saturated carbocycles. The van der Waals surface area contributed by atoms with Gasteiger partial charge in [-0.3, -0.25) is 0 Å². The minimum absolute atomic E-state index is 0.377. The van der Waals surface area contributed by atoms with Crippen molar-refractivity contribution in [1.29, 1.82) is 0 Å². The van der Waals surface area contributed by atoms with Gasteiger partial charge in [-0.05, 0) is 23.6 Å². The highest BCUT2D eigenvalue weighted by Gasteiger charge is 2.14. The molecule has 0 spiro atoms. The Balaban J connectivity index is 2.37. The van der Waals surface area contributed by atoms with Gasteiger partial charge in [0.1, 0.15) is 11.5 Å². The van der Waals surface area contributed by atoms with Crippen LogP contribution in [0.3, 0.4) is 0 Å². The number of aryl methyl sites for hydroxylation is 1. The van der Waals surface area contributed by atoms with Crippen molar-refractivity contribution in [2.24, 2.45) is 0 Å². The first-order valence-electron chi connectivity index (χ1n) is 4.79. The topological polar surface area (TPSA) is 29.5 Å². The molecule has 0 bridgehead atoms. The van der Waals surface area contributed by atoms with Gasteiger partial charge in [0.25, 0.3) is 0 Å². The van der Waals surface area contributed by atoms with Crippen molar-refractivity contribution in [3.05, 3.63) is 23.3 Å². The summed E-state index contributed by atoms with van der Waals surface area (Å²) < 4.78 is 5.35. The summed E-state index contributed by atoms with van der Waals surface area (Å²) in [6, 6.07) is 3.81. The SMILES string of the molecule is CCCc1cc2c(cc1O)OCC2. The Labute approximate surface area is 78.2 Å².